The molecule has 1 atom stereocenters. The number of carbonyl (C=O) groups excluding carboxylic acids is 1. The molecular formula is C21H22O3S. The van der Waals surface area contributed by atoms with Crippen molar-refractivity contribution in [3.05, 3.63) is 76.7 Å². The highest BCUT2D eigenvalue weighted by atomic mass is 32.2. The highest BCUT2D eigenvalue weighted by Gasteiger charge is 2.29. The van der Waals surface area contributed by atoms with Crippen LogP contribution in [0.5, 0.6) is 0 Å². The van der Waals surface area contributed by atoms with E-state index in [-0.39, 0.29) is 18.1 Å². The summed E-state index contributed by atoms with van der Waals surface area (Å²) in [6.07, 6.45) is 1.85. The molecule has 0 aromatic heterocycles. The molecule has 0 saturated carbocycles. The molecule has 1 unspecified atom stereocenters. The van der Waals surface area contributed by atoms with Gasteiger partial charge in [-0.1, -0.05) is 54.1 Å². The Labute approximate surface area is 149 Å². The van der Waals surface area contributed by atoms with Crippen LogP contribution in [0, 0.1) is 0 Å². The van der Waals surface area contributed by atoms with E-state index < -0.39 is 9.84 Å². The first kappa shape index (κ1) is 17.6. The van der Waals surface area contributed by atoms with Crippen LogP contribution in [0.1, 0.15) is 44.1 Å². The van der Waals surface area contributed by atoms with Crippen LogP contribution in [0.3, 0.4) is 0 Å². The van der Waals surface area contributed by atoms with Crippen molar-refractivity contribution in [2.75, 3.05) is 0 Å². The molecule has 0 amide bonds. The number of ketones is 1. The maximum absolute atomic E-state index is 13.2. The van der Waals surface area contributed by atoms with E-state index >= 15 is 0 Å². The summed E-state index contributed by atoms with van der Waals surface area (Å²) < 4.78 is 26.4. The topological polar surface area (TPSA) is 51.2 Å². The van der Waals surface area contributed by atoms with Crippen LogP contribution in [0.15, 0.2) is 76.0 Å². The first-order valence-electron chi connectivity index (χ1n) is 8.54. The maximum atomic E-state index is 13.2. The average molecular weight is 354 g/mol. The Kier molecular flexibility index (Phi) is 5.19. The Morgan fingerprint density at radius 2 is 1.52 bits per heavy atom. The first-order chi connectivity index (χ1) is 12.0. The molecule has 0 bridgehead atoms. The van der Waals surface area contributed by atoms with Crippen molar-refractivity contribution < 1.29 is 13.2 Å². The lowest BCUT2D eigenvalue weighted by molar-refractivity contribution is -0.118. The maximum Gasteiger partial charge on any atom is 0.202 e. The zero-order valence-corrected chi connectivity index (χ0v) is 15.1. The minimum absolute atomic E-state index is 0.0360. The Hall–Kier alpha value is -2.20. The molecule has 0 aliphatic heterocycles. The molecule has 2 aromatic rings. The lowest BCUT2D eigenvalue weighted by Gasteiger charge is -2.23. The van der Waals surface area contributed by atoms with Crippen molar-refractivity contribution in [1.82, 2.24) is 0 Å². The van der Waals surface area contributed by atoms with Crippen molar-refractivity contribution in [2.24, 2.45) is 0 Å². The normalized spacial score (nSPS) is 22.3. The van der Waals surface area contributed by atoms with Crippen LogP contribution in [0.4, 0.5) is 0 Å². The highest BCUT2D eigenvalue weighted by molar-refractivity contribution is 7.95. The summed E-state index contributed by atoms with van der Waals surface area (Å²) >= 11 is 0. The molecule has 0 saturated heterocycles. The van der Waals surface area contributed by atoms with Gasteiger partial charge in [-0.3, -0.25) is 4.79 Å². The minimum atomic E-state index is -3.59. The summed E-state index contributed by atoms with van der Waals surface area (Å²) in [5, 5.41) is 0. The number of benzene rings is 2. The van der Waals surface area contributed by atoms with Crippen molar-refractivity contribution in [1.29, 1.82) is 0 Å². The lowest BCUT2D eigenvalue weighted by Crippen LogP contribution is -2.16. The van der Waals surface area contributed by atoms with E-state index in [9.17, 15) is 13.2 Å². The smallest absolute Gasteiger partial charge is 0.202 e. The monoisotopic (exact) mass is 354 g/mol. The fourth-order valence-electron chi connectivity index (χ4n) is 3.41. The third kappa shape index (κ3) is 3.90. The number of allylic oxidation sites excluding steroid dienone is 2. The predicted molar refractivity (Wildman–Crippen MR) is 99.0 cm³/mol. The van der Waals surface area contributed by atoms with E-state index in [0.717, 1.165) is 5.56 Å². The third-order valence-corrected chi connectivity index (χ3v) is 6.85. The quantitative estimate of drug-likeness (QED) is 0.805. The fraction of sp³-hybridized carbons (Fsp3) is 0.286. The van der Waals surface area contributed by atoms with Gasteiger partial charge in [0.25, 0.3) is 0 Å². The largest absolute Gasteiger partial charge is 0.299 e. The van der Waals surface area contributed by atoms with E-state index in [0.29, 0.717) is 34.6 Å². The van der Waals surface area contributed by atoms with Gasteiger partial charge < -0.3 is 0 Å². The molecule has 0 spiro atoms. The van der Waals surface area contributed by atoms with Crippen LogP contribution in [-0.4, -0.2) is 14.2 Å². The van der Waals surface area contributed by atoms with E-state index in [1.54, 1.807) is 37.3 Å². The molecule has 1 aliphatic carbocycles. The molecular weight excluding hydrogens is 332 g/mol. The van der Waals surface area contributed by atoms with Gasteiger partial charge in [0.1, 0.15) is 5.78 Å². The molecule has 2 aromatic carbocycles. The summed E-state index contributed by atoms with van der Waals surface area (Å²) in [7, 11) is -3.59. The summed E-state index contributed by atoms with van der Waals surface area (Å²) in [5.74, 6) is 0.146. The van der Waals surface area contributed by atoms with Crippen molar-refractivity contribution >= 4 is 15.6 Å². The van der Waals surface area contributed by atoms with E-state index in [1.807, 2.05) is 30.3 Å². The number of sulfone groups is 1. The molecule has 1 aliphatic rings. The molecule has 3 rings (SSSR count). The Balaban J connectivity index is 2.06. The molecule has 0 fully saturated rings. The van der Waals surface area contributed by atoms with Crippen LogP contribution in [0.2, 0.25) is 0 Å². The van der Waals surface area contributed by atoms with Gasteiger partial charge in [-0.25, -0.2) is 8.42 Å². The summed E-state index contributed by atoms with van der Waals surface area (Å²) in [6, 6.07) is 18.4. The van der Waals surface area contributed by atoms with Crippen LogP contribution < -0.4 is 0 Å². The fourth-order valence-corrected chi connectivity index (χ4v) is 5.16. The number of carbonyl (C=O) groups is 1. The van der Waals surface area contributed by atoms with Gasteiger partial charge in [-0.2, -0.15) is 0 Å². The Morgan fingerprint density at radius 3 is 2.16 bits per heavy atom. The Bertz CT molecular complexity index is 881. The standard InChI is InChI=1S/C21H22O3S/c1-16-14-19(22)13-12-18(17-8-4-2-5-9-17)15-21(16)25(23,24)20-10-6-3-7-11-20/h2-11,18H,12-15H2,1H3/b21-16+. The van der Waals surface area contributed by atoms with Crippen LogP contribution in [-0.2, 0) is 14.6 Å². The second-order valence-corrected chi connectivity index (χ2v) is 8.56. The van der Waals surface area contributed by atoms with E-state index in [2.05, 4.69) is 0 Å². The SMILES string of the molecule is C/C1=C(\S(=O)(=O)c2ccccc2)CC(c2ccccc2)CCC(=O)C1. The molecule has 25 heavy (non-hydrogen) atoms. The second-order valence-electron chi connectivity index (χ2n) is 6.59. The van der Waals surface area contributed by atoms with Gasteiger partial charge in [0.05, 0.1) is 4.90 Å². The summed E-state index contributed by atoms with van der Waals surface area (Å²) in [6.45, 7) is 1.78. The van der Waals surface area contributed by atoms with Crippen molar-refractivity contribution in [3.8, 4) is 0 Å². The minimum Gasteiger partial charge on any atom is -0.299 e. The molecule has 130 valence electrons. The highest BCUT2D eigenvalue weighted by Crippen LogP contribution is 2.37. The van der Waals surface area contributed by atoms with E-state index in [4.69, 9.17) is 0 Å². The molecule has 4 heteroatoms. The van der Waals surface area contributed by atoms with Gasteiger partial charge >= 0.3 is 0 Å². The number of Topliss-reactive ketones (excluding diaryl/α,β-unsaturated/α-hetero) is 1. The number of hydrogen-bond acceptors (Lipinski definition) is 3. The van der Waals surface area contributed by atoms with Gasteiger partial charge in [0.2, 0.25) is 9.84 Å². The van der Waals surface area contributed by atoms with Gasteiger partial charge in [-0.05, 0) is 43.4 Å². The van der Waals surface area contributed by atoms with E-state index in [1.165, 1.54) is 0 Å². The van der Waals surface area contributed by atoms with Gasteiger partial charge in [0, 0.05) is 17.7 Å². The Morgan fingerprint density at radius 1 is 0.920 bits per heavy atom. The average Bonchev–Trinajstić information content (AvgIpc) is 2.61. The zero-order chi connectivity index (χ0) is 17.9. The van der Waals surface area contributed by atoms with Crippen LogP contribution >= 0.6 is 0 Å². The second kappa shape index (κ2) is 7.36. The van der Waals surface area contributed by atoms with Crippen molar-refractivity contribution in [2.45, 2.75) is 43.4 Å². The first-order valence-corrected chi connectivity index (χ1v) is 10.0. The zero-order valence-electron chi connectivity index (χ0n) is 14.3. The molecule has 0 radical (unpaired) electrons. The predicted octanol–water partition coefficient (Wildman–Crippen LogP) is 4.66. The molecule has 3 nitrogen and oxygen atoms in total. The third-order valence-electron chi connectivity index (χ3n) is 4.79. The molecule has 0 N–H and O–H groups in total. The summed E-state index contributed by atoms with van der Waals surface area (Å²) in [4.78, 5) is 12.9. The van der Waals surface area contributed by atoms with Crippen molar-refractivity contribution in [3.63, 3.8) is 0 Å². The van der Waals surface area contributed by atoms with Crippen LogP contribution in [0.25, 0.3) is 0 Å². The number of hydrogen-bond donors (Lipinski definition) is 0. The summed E-state index contributed by atoms with van der Waals surface area (Å²) in [5.41, 5.74) is 1.76. The van der Waals surface area contributed by atoms with Gasteiger partial charge in [-0.15, -0.1) is 0 Å². The van der Waals surface area contributed by atoms with Gasteiger partial charge in [0.15, 0.2) is 0 Å². The molecule has 0 heterocycles. The lowest BCUT2D eigenvalue weighted by atomic mass is 9.86. The number of rotatable bonds is 3.